The third kappa shape index (κ3) is 4.93. The Kier molecular flexibility index (Phi) is 6.99. The van der Waals surface area contributed by atoms with Crippen molar-refractivity contribution in [1.82, 2.24) is 0 Å². The molecule has 1 unspecified atom stereocenters. The minimum absolute atomic E-state index is 0.0913. The third-order valence-electron chi connectivity index (χ3n) is 5.37. The van der Waals surface area contributed by atoms with Crippen LogP contribution in [0.25, 0.3) is 0 Å². The van der Waals surface area contributed by atoms with Crippen molar-refractivity contribution in [2.24, 2.45) is 0 Å². The summed E-state index contributed by atoms with van der Waals surface area (Å²) in [4.78, 5) is 12.9. The van der Waals surface area contributed by atoms with Crippen molar-refractivity contribution in [3.63, 3.8) is 0 Å². The molecule has 0 amide bonds. The summed E-state index contributed by atoms with van der Waals surface area (Å²) >= 11 is 0. The number of allylic oxidation sites excluding steroid dienone is 4. The highest BCUT2D eigenvalue weighted by Gasteiger charge is 2.33. The van der Waals surface area contributed by atoms with Crippen molar-refractivity contribution in [2.45, 2.75) is 52.6 Å². The molecule has 0 aliphatic carbocycles. The Balaban J connectivity index is 1.95. The number of fused-ring (bicyclic) bond motifs is 1. The molecule has 158 valence electrons. The molecule has 0 aromatic heterocycles. The standard InChI is InChI=1S/C26H30O4/c1-17(2)9-8-10-18(3)13-14-20-24(29-4)16-22(28)25-21(27)15-23(30-26(20)25)19-11-6-5-7-12-19/h5-7,9,11-13,16,23,28H,8,10,14-15H2,1-4H3. The van der Waals surface area contributed by atoms with E-state index in [0.29, 0.717) is 17.9 Å². The lowest BCUT2D eigenvalue weighted by molar-refractivity contribution is 0.0842. The second kappa shape index (κ2) is 9.66. The van der Waals surface area contributed by atoms with E-state index < -0.39 is 0 Å². The molecule has 4 nitrogen and oxygen atoms in total. The van der Waals surface area contributed by atoms with E-state index in [4.69, 9.17) is 9.47 Å². The zero-order chi connectivity index (χ0) is 21.7. The molecule has 4 heteroatoms. The van der Waals surface area contributed by atoms with E-state index in [1.54, 1.807) is 7.11 Å². The van der Waals surface area contributed by atoms with Crippen molar-refractivity contribution >= 4 is 5.78 Å². The predicted molar refractivity (Wildman–Crippen MR) is 120 cm³/mol. The maximum absolute atomic E-state index is 12.9. The number of ether oxygens (including phenoxy) is 2. The van der Waals surface area contributed by atoms with Gasteiger partial charge in [-0.3, -0.25) is 4.79 Å². The van der Waals surface area contributed by atoms with Gasteiger partial charge in [-0.15, -0.1) is 0 Å². The maximum atomic E-state index is 12.9. The second-order valence-corrected chi connectivity index (χ2v) is 8.00. The summed E-state index contributed by atoms with van der Waals surface area (Å²) in [6.45, 7) is 6.31. The molecule has 2 aromatic carbocycles. The summed E-state index contributed by atoms with van der Waals surface area (Å²) in [6, 6.07) is 11.2. The molecule has 1 atom stereocenters. The van der Waals surface area contributed by atoms with E-state index in [1.807, 2.05) is 30.3 Å². The molecule has 0 spiro atoms. The Hall–Kier alpha value is -3.01. The van der Waals surface area contributed by atoms with E-state index in [1.165, 1.54) is 17.2 Å². The summed E-state index contributed by atoms with van der Waals surface area (Å²) < 4.78 is 11.8. The molecule has 0 radical (unpaired) electrons. The monoisotopic (exact) mass is 406 g/mol. The van der Waals surface area contributed by atoms with Crippen molar-refractivity contribution in [1.29, 1.82) is 0 Å². The van der Waals surface area contributed by atoms with Crippen LogP contribution in [0.1, 0.15) is 67.6 Å². The number of phenolic OH excluding ortho intramolecular Hbond substituents is 1. The predicted octanol–water partition coefficient (Wildman–Crippen LogP) is 6.34. The number of methoxy groups -OCH3 is 1. The Morgan fingerprint density at radius 2 is 1.93 bits per heavy atom. The van der Waals surface area contributed by atoms with Crippen LogP contribution in [0.15, 0.2) is 59.7 Å². The van der Waals surface area contributed by atoms with Crippen LogP contribution in [0, 0.1) is 0 Å². The lowest BCUT2D eigenvalue weighted by atomic mass is 9.92. The van der Waals surface area contributed by atoms with Crippen molar-refractivity contribution in [2.75, 3.05) is 7.11 Å². The third-order valence-corrected chi connectivity index (χ3v) is 5.37. The number of aromatic hydroxyl groups is 1. The van der Waals surface area contributed by atoms with Gasteiger partial charge in [0.25, 0.3) is 0 Å². The summed E-state index contributed by atoms with van der Waals surface area (Å²) in [5.74, 6) is 0.758. The van der Waals surface area contributed by atoms with Crippen LogP contribution < -0.4 is 9.47 Å². The molecule has 0 bridgehead atoms. The Labute approximate surface area is 178 Å². The molecular formula is C26H30O4. The molecule has 1 aliphatic heterocycles. The number of hydrogen-bond donors (Lipinski definition) is 1. The van der Waals surface area contributed by atoms with E-state index in [0.717, 1.165) is 24.0 Å². The minimum atomic E-state index is -0.376. The number of ketones is 1. The lowest BCUT2D eigenvalue weighted by Gasteiger charge is -2.28. The first-order valence-corrected chi connectivity index (χ1v) is 10.4. The quantitative estimate of drug-likeness (QED) is 0.545. The van der Waals surface area contributed by atoms with E-state index >= 15 is 0 Å². The van der Waals surface area contributed by atoms with Crippen LogP contribution in [-0.4, -0.2) is 18.0 Å². The van der Waals surface area contributed by atoms with Crippen LogP contribution in [-0.2, 0) is 6.42 Å². The zero-order valence-corrected chi connectivity index (χ0v) is 18.2. The van der Waals surface area contributed by atoms with Gasteiger partial charge in [-0.2, -0.15) is 0 Å². The second-order valence-electron chi connectivity index (χ2n) is 8.00. The molecule has 2 aromatic rings. The molecule has 1 aliphatic rings. The fourth-order valence-electron chi connectivity index (χ4n) is 3.71. The van der Waals surface area contributed by atoms with Gasteiger partial charge in [0.2, 0.25) is 0 Å². The lowest BCUT2D eigenvalue weighted by Crippen LogP contribution is -2.22. The van der Waals surface area contributed by atoms with Gasteiger partial charge < -0.3 is 14.6 Å². The van der Waals surface area contributed by atoms with E-state index in [-0.39, 0.29) is 29.6 Å². The Bertz CT molecular complexity index is 966. The van der Waals surface area contributed by atoms with Crippen LogP contribution >= 0.6 is 0 Å². The number of carbonyl (C=O) groups excluding carboxylic acids is 1. The summed E-state index contributed by atoms with van der Waals surface area (Å²) in [5.41, 5.74) is 4.57. The van der Waals surface area contributed by atoms with E-state index in [9.17, 15) is 9.90 Å². The number of phenols is 1. The molecule has 0 saturated heterocycles. The first-order valence-electron chi connectivity index (χ1n) is 10.4. The highest BCUT2D eigenvalue weighted by Crippen LogP contribution is 2.45. The van der Waals surface area contributed by atoms with E-state index in [2.05, 4.69) is 32.9 Å². The summed E-state index contributed by atoms with van der Waals surface area (Å²) in [7, 11) is 1.56. The highest BCUT2D eigenvalue weighted by atomic mass is 16.5. The number of rotatable bonds is 7. The van der Waals surface area contributed by atoms with Gasteiger partial charge in [0.1, 0.15) is 28.9 Å². The molecule has 0 fully saturated rings. The van der Waals surface area contributed by atoms with Gasteiger partial charge in [-0.05, 0) is 45.6 Å². The number of Topliss-reactive ketones (excluding diaryl/α,β-unsaturated/α-hetero) is 1. The van der Waals surface area contributed by atoms with Gasteiger partial charge in [0.15, 0.2) is 5.78 Å². The van der Waals surface area contributed by atoms with Crippen molar-refractivity contribution < 1.29 is 19.4 Å². The minimum Gasteiger partial charge on any atom is -0.507 e. The van der Waals surface area contributed by atoms with Gasteiger partial charge in [-0.1, -0.05) is 53.6 Å². The average Bonchev–Trinajstić information content (AvgIpc) is 2.72. The van der Waals surface area contributed by atoms with Crippen LogP contribution in [0.5, 0.6) is 17.2 Å². The van der Waals surface area contributed by atoms with Gasteiger partial charge in [0.05, 0.1) is 13.5 Å². The van der Waals surface area contributed by atoms with Crippen LogP contribution in [0.3, 0.4) is 0 Å². The molecule has 1 N–H and O–H groups in total. The number of carbonyl (C=O) groups is 1. The molecular weight excluding hydrogens is 376 g/mol. The average molecular weight is 407 g/mol. The van der Waals surface area contributed by atoms with Crippen molar-refractivity contribution in [3.8, 4) is 17.2 Å². The number of benzene rings is 2. The topological polar surface area (TPSA) is 55.8 Å². The fourth-order valence-corrected chi connectivity index (χ4v) is 3.71. The van der Waals surface area contributed by atoms with Gasteiger partial charge in [-0.25, -0.2) is 0 Å². The first kappa shape index (κ1) is 21.7. The molecule has 30 heavy (non-hydrogen) atoms. The normalized spacial score (nSPS) is 15.9. The van der Waals surface area contributed by atoms with Gasteiger partial charge in [0, 0.05) is 11.6 Å². The molecule has 1 heterocycles. The Morgan fingerprint density at radius 3 is 2.60 bits per heavy atom. The Morgan fingerprint density at radius 1 is 1.20 bits per heavy atom. The highest BCUT2D eigenvalue weighted by molar-refractivity contribution is 6.03. The number of hydrogen-bond acceptors (Lipinski definition) is 4. The van der Waals surface area contributed by atoms with Crippen molar-refractivity contribution in [3.05, 3.63) is 76.4 Å². The SMILES string of the molecule is COc1cc(O)c2c(c1CC=C(C)CCC=C(C)C)OC(c1ccccc1)CC2=O. The fraction of sp³-hybridized carbons (Fsp3) is 0.346. The smallest absolute Gasteiger partial charge is 0.174 e. The maximum Gasteiger partial charge on any atom is 0.174 e. The largest absolute Gasteiger partial charge is 0.507 e. The van der Waals surface area contributed by atoms with Crippen LogP contribution in [0.4, 0.5) is 0 Å². The summed E-state index contributed by atoms with van der Waals surface area (Å²) in [6.07, 6.45) is 6.75. The van der Waals surface area contributed by atoms with Crippen LogP contribution in [0.2, 0.25) is 0 Å². The molecule has 3 rings (SSSR count). The summed E-state index contributed by atoms with van der Waals surface area (Å²) in [5, 5.41) is 10.5. The first-order chi connectivity index (χ1) is 14.4. The molecule has 0 saturated carbocycles. The zero-order valence-electron chi connectivity index (χ0n) is 18.2. The van der Waals surface area contributed by atoms with Gasteiger partial charge >= 0.3 is 0 Å².